The van der Waals surface area contributed by atoms with E-state index in [1.807, 2.05) is 6.92 Å². The summed E-state index contributed by atoms with van der Waals surface area (Å²) in [6.07, 6.45) is 0.772. The summed E-state index contributed by atoms with van der Waals surface area (Å²) in [5.41, 5.74) is 0.982. The Morgan fingerprint density at radius 1 is 1.29 bits per heavy atom. The molecule has 2 aromatic rings. The first-order valence-corrected chi connectivity index (χ1v) is 8.59. The van der Waals surface area contributed by atoms with Crippen molar-refractivity contribution in [3.63, 3.8) is 0 Å². The predicted molar refractivity (Wildman–Crippen MR) is 82.6 cm³/mol. The van der Waals surface area contributed by atoms with Gasteiger partial charge in [0.1, 0.15) is 4.21 Å². The first-order valence-electron chi connectivity index (χ1n) is 6.29. The highest BCUT2D eigenvalue weighted by Crippen LogP contribution is 2.26. The van der Waals surface area contributed by atoms with Crippen LogP contribution in [0.4, 0.5) is 5.69 Å². The molecule has 0 atom stereocenters. The maximum atomic E-state index is 12.3. The van der Waals surface area contributed by atoms with Crippen LogP contribution in [0, 0.1) is 6.92 Å². The number of aromatic carboxylic acids is 1. The number of rotatable bonds is 5. The summed E-state index contributed by atoms with van der Waals surface area (Å²) < 4.78 is 27.3. The molecule has 0 aliphatic heterocycles. The predicted octanol–water partition coefficient (Wildman–Crippen LogP) is 3.12. The van der Waals surface area contributed by atoms with E-state index in [1.54, 1.807) is 25.1 Å². The second-order valence-electron chi connectivity index (χ2n) is 4.51. The molecule has 112 valence electrons. The van der Waals surface area contributed by atoms with Crippen LogP contribution < -0.4 is 4.72 Å². The van der Waals surface area contributed by atoms with E-state index in [0.717, 1.165) is 11.3 Å². The van der Waals surface area contributed by atoms with Gasteiger partial charge in [0.25, 0.3) is 10.0 Å². The first kappa shape index (κ1) is 15.5. The smallest absolute Gasteiger partial charge is 0.335 e. The summed E-state index contributed by atoms with van der Waals surface area (Å²) in [7, 11) is -3.69. The number of hydrogen-bond donors (Lipinski definition) is 2. The second-order valence-corrected chi connectivity index (χ2v) is 7.59. The SMILES string of the molecule is CCc1ccc(S(=O)(=O)Nc2cc(C(=O)O)ccc2C)s1. The van der Waals surface area contributed by atoms with E-state index in [4.69, 9.17) is 5.11 Å². The first-order chi connectivity index (χ1) is 9.83. The Morgan fingerprint density at radius 3 is 2.57 bits per heavy atom. The van der Waals surface area contributed by atoms with Crippen LogP contribution in [0.5, 0.6) is 0 Å². The number of hydrogen-bond acceptors (Lipinski definition) is 4. The van der Waals surface area contributed by atoms with Gasteiger partial charge in [-0.25, -0.2) is 13.2 Å². The second kappa shape index (κ2) is 5.87. The zero-order valence-corrected chi connectivity index (χ0v) is 13.2. The fourth-order valence-electron chi connectivity index (χ4n) is 1.75. The minimum atomic E-state index is -3.69. The highest BCUT2D eigenvalue weighted by Gasteiger charge is 2.18. The highest BCUT2D eigenvalue weighted by molar-refractivity contribution is 7.94. The van der Waals surface area contributed by atoms with Gasteiger partial charge in [-0.15, -0.1) is 11.3 Å². The van der Waals surface area contributed by atoms with Crippen molar-refractivity contribution in [1.82, 2.24) is 0 Å². The summed E-state index contributed by atoms with van der Waals surface area (Å²) in [6, 6.07) is 7.68. The molecule has 0 amide bonds. The lowest BCUT2D eigenvalue weighted by Gasteiger charge is -2.10. The van der Waals surface area contributed by atoms with E-state index < -0.39 is 16.0 Å². The zero-order chi connectivity index (χ0) is 15.6. The van der Waals surface area contributed by atoms with E-state index in [-0.39, 0.29) is 15.5 Å². The van der Waals surface area contributed by atoms with E-state index in [2.05, 4.69) is 4.72 Å². The van der Waals surface area contributed by atoms with Gasteiger partial charge in [-0.05, 0) is 43.2 Å². The number of benzene rings is 1. The van der Waals surface area contributed by atoms with Crippen molar-refractivity contribution < 1.29 is 18.3 Å². The summed E-state index contributed by atoms with van der Waals surface area (Å²) in [6.45, 7) is 3.67. The van der Waals surface area contributed by atoms with Gasteiger partial charge in [-0.1, -0.05) is 13.0 Å². The third kappa shape index (κ3) is 3.43. The Hall–Kier alpha value is -1.86. The van der Waals surface area contributed by atoms with Crippen LogP contribution in [-0.4, -0.2) is 19.5 Å². The molecule has 2 rings (SSSR count). The van der Waals surface area contributed by atoms with Gasteiger partial charge in [0.05, 0.1) is 11.3 Å². The largest absolute Gasteiger partial charge is 0.478 e. The quantitative estimate of drug-likeness (QED) is 0.884. The third-order valence-corrected chi connectivity index (χ3v) is 6.07. The highest BCUT2D eigenvalue weighted by atomic mass is 32.2. The van der Waals surface area contributed by atoms with Crippen LogP contribution in [0.2, 0.25) is 0 Å². The van der Waals surface area contributed by atoms with Gasteiger partial charge in [0, 0.05) is 4.88 Å². The number of sulfonamides is 1. The molecule has 0 bridgehead atoms. The minimum absolute atomic E-state index is 0.0405. The Kier molecular flexibility index (Phi) is 4.34. The number of thiophene rings is 1. The van der Waals surface area contributed by atoms with Gasteiger partial charge in [0.15, 0.2) is 0 Å². The molecule has 0 unspecified atom stereocenters. The lowest BCUT2D eigenvalue weighted by Crippen LogP contribution is -2.13. The lowest BCUT2D eigenvalue weighted by atomic mass is 10.1. The molecule has 5 nitrogen and oxygen atoms in total. The third-order valence-electron chi connectivity index (χ3n) is 2.98. The van der Waals surface area contributed by atoms with Crippen molar-refractivity contribution in [2.45, 2.75) is 24.5 Å². The van der Waals surface area contributed by atoms with Gasteiger partial charge < -0.3 is 5.11 Å². The van der Waals surface area contributed by atoms with E-state index >= 15 is 0 Å². The normalized spacial score (nSPS) is 11.3. The number of carboxylic acid groups (broad SMARTS) is 1. The van der Waals surface area contributed by atoms with Gasteiger partial charge in [-0.3, -0.25) is 4.72 Å². The molecule has 0 saturated heterocycles. The average Bonchev–Trinajstić information content (AvgIpc) is 2.90. The summed E-state index contributed by atoms with van der Waals surface area (Å²) in [5.74, 6) is -1.10. The van der Waals surface area contributed by atoms with Crippen molar-refractivity contribution in [3.05, 3.63) is 46.3 Å². The molecule has 0 spiro atoms. The molecule has 0 aliphatic carbocycles. The molecule has 1 aromatic carbocycles. The van der Waals surface area contributed by atoms with Crippen LogP contribution in [0.15, 0.2) is 34.5 Å². The number of carbonyl (C=O) groups is 1. The fourth-order valence-corrected chi connectivity index (χ4v) is 4.17. The molecular formula is C14H15NO4S2. The summed E-state index contributed by atoms with van der Waals surface area (Å²) >= 11 is 1.21. The molecule has 7 heteroatoms. The molecular weight excluding hydrogens is 310 g/mol. The molecule has 1 aromatic heterocycles. The monoisotopic (exact) mass is 325 g/mol. The van der Waals surface area contributed by atoms with Crippen molar-refractivity contribution in [3.8, 4) is 0 Å². The van der Waals surface area contributed by atoms with Crippen LogP contribution in [0.1, 0.15) is 27.7 Å². The number of carboxylic acids is 1. The van der Waals surface area contributed by atoms with Gasteiger partial charge in [-0.2, -0.15) is 0 Å². The number of anilines is 1. The molecule has 1 heterocycles. The van der Waals surface area contributed by atoms with Crippen LogP contribution >= 0.6 is 11.3 Å². The molecule has 2 N–H and O–H groups in total. The Bertz CT molecular complexity index is 778. The van der Waals surface area contributed by atoms with Crippen LogP contribution in [-0.2, 0) is 16.4 Å². The van der Waals surface area contributed by atoms with Crippen molar-refractivity contribution in [2.24, 2.45) is 0 Å². The molecule has 0 aliphatic rings. The van der Waals surface area contributed by atoms with Crippen LogP contribution in [0.25, 0.3) is 0 Å². The standard InChI is InChI=1S/C14H15NO4S2/c1-3-11-6-7-13(20-11)21(18,19)15-12-8-10(14(16)17)5-4-9(12)2/h4-8,15H,3H2,1-2H3,(H,16,17). The topological polar surface area (TPSA) is 83.5 Å². The number of nitrogens with one attached hydrogen (secondary N) is 1. The maximum Gasteiger partial charge on any atom is 0.335 e. The maximum absolute atomic E-state index is 12.3. The lowest BCUT2D eigenvalue weighted by molar-refractivity contribution is 0.0697. The van der Waals surface area contributed by atoms with Gasteiger partial charge in [0.2, 0.25) is 0 Å². The Labute approximate surface area is 127 Å². The van der Waals surface area contributed by atoms with Gasteiger partial charge >= 0.3 is 5.97 Å². The Morgan fingerprint density at radius 2 is 2.00 bits per heavy atom. The fraction of sp³-hybridized carbons (Fsp3) is 0.214. The molecule has 0 fully saturated rings. The summed E-state index contributed by atoms with van der Waals surface area (Å²) in [4.78, 5) is 11.9. The van der Waals surface area contributed by atoms with Crippen LogP contribution in [0.3, 0.4) is 0 Å². The molecule has 21 heavy (non-hydrogen) atoms. The van der Waals surface area contributed by atoms with E-state index in [1.165, 1.54) is 23.5 Å². The Balaban J connectivity index is 2.36. The van der Waals surface area contributed by atoms with Crippen molar-refractivity contribution in [2.75, 3.05) is 4.72 Å². The summed E-state index contributed by atoms with van der Waals surface area (Å²) in [5, 5.41) is 8.98. The number of aryl methyl sites for hydroxylation is 2. The van der Waals surface area contributed by atoms with Crippen molar-refractivity contribution >= 4 is 33.0 Å². The molecule has 0 radical (unpaired) electrons. The van der Waals surface area contributed by atoms with E-state index in [0.29, 0.717) is 5.56 Å². The minimum Gasteiger partial charge on any atom is -0.478 e. The molecule has 0 saturated carbocycles. The van der Waals surface area contributed by atoms with Crippen molar-refractivity contribution in [1.29, 1.82) is 0 Å². The zero-order valence-electron chi connectivity index (χ0n) is 11.6. The van der Waals surface area contributed by atoms with E-state index in [9.17, 15) is 13.2 Å². The average molecular weight is 325 g/mol.